The van der Waals surface area contributed by atoms with Crippen LogP contribution in [0.5, 0.6) is 0 Å². The number of esters is 1. The summed E-state index contributed by atoms with van der Waals surface area (Å²) in [5.41, 5.74) is 0.209. The summed E-state index contributed by atoms with van der Waals surface area (Å²) >= 11 is 1.44. The summed E-state index contributed by atoms with van der Waals surface area (Å²) < 4.78 is 56.9. The van der Waals surface area contributed by atoms with Gasteiger partial charge in [-0.15, -0.1) is 11.3 Å². The Morgan fingerprint density at radius 2 is 1.90 bits per heavy atom. The van der Waals surface area contributed by atoms with Gasteiger partial charge in [0.05, 0.1) is 11.6 Å². The van der Waals surface area contributed by atoms with Gasteiger partial charge in [0.2, 0.25) is 0 Å². The van der Waals surface area contributed by atoms with Crippen LogP contribution in [0.15, 0.2) is 50.9 Å². The molecule has 1 aliphatic rings. The molecular formula is C19H20F2N2O5S3. The largest absolute Gasteiger partial charge is 0.455 e. The zero-order valence-corrected chi connectivity index (χ0v) is 18.7. The Labute approximate surface area is 186 Å². The second kappa shape index (κ2) is 10.5. The number of halogens is 2. The minimum atomic E-state index is -3.56. The second-order valence-corrected chi connectivity index (χ2v) is 10.8. The minimum Gasteiger partial charge on any atom is -0.455 e. The molecule has 3 rings (SSSR count). The molecule has 0 unspecified atom stereocenters. The number of amides is 1. The molecule has 0 atom stereocenters. The van der Waals surface area contributed by atoms with Crippen LogP contribution in [0.2, 0.25) is 0 Å². The molecular weight excluding hydrogens is 470 g/mol. The molecule has 7 nitrogen and oxygen atoms in total. The van der Waals surface area contributed by atoms with Gasteiger partial charge in [-0.1, -0.05) is 30.0 Å². The van der Waals surface area contributed by atoms with E-state index in [-0.39, 0.29) is 27.9 Å². The predicted octanol–water partition coefficient (Wildman–Crippen LogP) is 3.65. The van der Waals surface area contributed by atoms with E-state index >= 15 is 0 Å². The number of nitrogens with one attached hydrogen (secondary N) is 1. The Morgan fingerprint density at radius 1 is 1.19 bits per heavy atom. The van der Waals surface area contributed by atoms with Crippen LogP contribution in [0.1, 0.15) is 12.8 Å². The van der Waals surface area contributed by atoms with Crippen molar-refractivity contribution in [3.05, 3.63) is 41.8 Å². The van der Waals surface area contributed by atoms with E-state index < -0.39 is 40.2 Å². The molecule has 2 heterocycles. The fourth-order valence-corrected chi connectivity index (χ4v) is 6.29. The summed E-state index contributed by atoms with van der Waals surface area (Å²) in [4.78, 5) is 24.6. The SMILES string of the molecule is O=C(COC(=O)C1CCN(S(=O)(=O)c2cccs2)CC1)Nc1ccccc1SC(F)F. The standard InChI is InChI=1S/C19H20F2N2O5S3/c20-19(21)30-15-5-2-1-4-14(15)22-16(24)12-28-18(25)13-7-9-23(10-8-13)31(26,27)17-6-3-11-29-17/h1-6,11,13,19H,7-10,12H2,(H,22,24). The van der Waals surface area contributed by atoms with Crippen LogP contribution in [0.25, 0.3) is 0 Å². The molecule has 0 bridgehead atoms. The topological polar surface area (TPSA) is 92.8 Å². The number of thioether (sulfide) groups is 1. The number of benzene rings is 1. The molecule has 1 fully saturated rings. The maximum Gasteiger partial charge on any atom is 0.309 e. The van der Waals surface area contributed by atoms with Gasteiger partial charge in [0.15, 0.2) is 6.61 Å². The number of carbonyl (C=O) groups excluding carboxylic acids is 2. The third-order valence-corrected chi connectivity index (χ3v) is 8.66. The normalized spacial score (nSPS) is 15.7. The van der Waals surface area contributed by atoms with E-state index in [0.717, 1.165) is 11.3 Å². The van der Waals surface area contributed by atoms with Crippen molar-refractivity contribution in [2.45, 2.75) is 27.7 Å². The lowest BCUT2D eigenvalue weighted by Crippen LogP contribution is -2.40. The van der Waals surface area contributed by atoms with Crippen molar-refractivity contribution in [1.82, 2.24) is 4.31 Å². The van der Waals surface area contributed by atoms with E-state index in [1.807, 2.05) is 0 Å². The van der Waals surface area contributed by atoms with Gasteiger partial charge in [-0.05, 0) is 36.4 Å². The van der Waals surface area contributed by atoms with Crippen molar-refractivity contribution >= 4 is 50.7 Å². The first-order chi connectivity index (χ1) is 14.8. The van der Waals surface area contributed by atoms with Crippen molar-refractivity contribution in [3.63, 3.8) is 0 Å². The number of hydrogen-bond acceptors (Lipinski definition) is 7. The van der Waals surface area contributed by atoms with Crippen LogP contribution in [0, 0.1) is 5.92 Å². The van der Waals surface area contributed by atoms with E-state index in [1.165, 1.54) is 22.5 Å². The lowest BCUT2D eigenvalue weighted by molar-refractivity contribution is -0.152. The third-order valence-electron chi connectivity index (χ3n) is 4.60. The summed E-state index contributed by atoms with van der Waals surface area (Å²) in [6.45, 7) is -0.185. The molecule has 1 saturated heterocycles. The number of rotatable bonds is 8. The Hall–Kier alpha value is -2.02. The first kappa shape index (κ1) is 23.6. The highest BCUT2D eigenvalue weighted by Crippen LogP contribution is 2.31. The van der Waals surface area contributed by atoms with E-state index in [1.54, 1.807) is 23.6 Å². The van der Waals surface area contributed by atoms with E-state index in [2.05, 4.69) is 5.32 Å². The van der Waals surface area contributed by atoms with Crippen LogP contribution in [0.3, 0.4) is 0 Å². The van der Waals surface area contributed by atoms with Crippen molar-refractivity contribution in [3.8, 4) is 0 Å². The Kier molecular flexibility index (Phi) is 8.03. The number of hydrogen-bond donors (Lipinski definition) is 1. The monoisotopic (exact) mass is 490 g/mol. The van der Waals surface area contributed by atoms with Crippen molar-refractivity contribution in [1.29, 1.82) is 0 Å². The summed E-state index contributed by atoms with van der Waals surface area (Å²) in [6, 6.07) is 9.31. The maximum absolute atomic E-state index is 12.6. The van der Waals surface area contributed by atoms with Crippen molar-refractivity contribution in [2.24, 2.45) is 5.92 Å². The highest BCUT2D eigenvalue weighted by atomic mass is 32.2. The molecule has 0 aliphatic carbocycles. The number of thiophene rings is 1. The van der Waals surface area contributed by atoms with E-state index in [4.69, 9.17) is 4.74 Å². The fraction of sp³-hybridized carbons (Fsp3) is 0.368. The highest BCUT2D eigenvalue weighted by molar-refractivity contribution is 7.99. The van der Waals surface area contributed by atoms with Gasteiger partial charge >= 0.3 is 5.97 Å². The summed E-state index contributed by atoms with van der Waals surface area (Å²) in [6.07, 6.45) is 0.581. The minimum absolute atomic E-state index is 0.185. The van der Waals surface area contributed by atoms with Gasteiger partial charge in [-0.25, -0.2) is 8.42 Å². The van der Waals surface area contributed by atoms with E-state index in [9.17, 15) is 26.8 Å². The quantitative estimate of drug-likeness (QED) is 0.449. The molecule has 1 aromatic heterocycles. The molecule has 12 heteroatoms. The molecule has 0 saturated carbocycles. The van der Waals surface area contributed by atoms with Gasteiger partial charge < -0.3 is 10.1 Å². The number of alkyl halides is 2. The van der Waals surface area contributed by atoms with Crippen LogP contribution in [0.4, 0.5) is 14.5 Å². The van der Waals surface area contributed by atoms with Crippen LogP contribution < -0.4 is 5.32 Å². The smallest absolute Gasteiger partial charge is 0.309 e. The second-order valence-electron chi connectivity index (χ2n) is 6.64. The zero-order valence-electron chi connectivity index (χ0n) is 16.2. The van der Waals surface area contributed by atoms with Gasteiger partial charge in [-0.3, -0.25) is 9.59 Å². The van der Waals surface area contributed by atoms with Crippen molar-refractivity contribution < 1.29 is 31.5 Å². The van der Waals surface area contributed by atoms with Crippen LogP contribution >= 0.6 is 23.1 Å². The number of ether oxygens (including phenoxy) is 1. The van der Waals surface area contributed by atoms with Gasteiger partial charge in [-0.2, -0.15) is 13.1 Å². The summed E-state index contributed by atoms with van der Waals surface area (Å²) in [5, 5.41) is 4.15. The van der Waals surface area contributed by atoms with Crippen molar-refractivity contribution in [2.75, 3.05) is 25.0 Å². The zero-order chi connectivity index (χ0) is 22.4. The molecule has 1 aliphatic heterocycles. The van der Waals surface area contributed by atoms with Gasteiger partial charge in [0.25, 0.3) is 21.7 Å². The molecule has 168 valence electrons. The number of carbonyl (C=O) groups is 2. The van der Waals surface area contributed by atoms with Gasteiger partial charge in [0.1, 0.15) is 4.21 Å². The number of anilines is 1. The van der Waals surface area contributed by atoms with Gasteiger partial charge in [0, 0.05) is 18.0 Å². The third kappa shape index (κ3) is 6.25. The number of piperidine rings is 1. The Balaban J connectivity index is 1.47. The highest BCUT2D eigenvalue weighted by Gasteiger charge is 2.33. The average Bonchev–Trinajstić information content (AvgIpc) is 3.29. The van der Waals surface area contributed by atoms with Crippen LogP contribution in [-0.4, -0.2) is 50.1 Å². The predicted molar refractivity (Wildman–Crippen MR) is 114 cm³/mol. The lowest BCUT2D eigenvalue weighted by Gasteiger charge is -2.29. The Bertz CT molecular complexity index is 1010. The molecule has 1 N–H and O–H groups in total. The summed E-state index contributed by atoms with van der Waals surface area (Å²) in [7, 11) is -3.56. The first-order valence-electron chi connectivity index (χ1n) is 9.31. The molecule has 0 radical (unpaired) electrons. The lowest BCUT2D eigenvalue weighted by atomic mass is 9.98. The molecule has 0 spiro atoms. The van der Waals surface area contributed by atoms with E-state index in [0.29, 0.717) is 24.6 Å². The maximum atomic E-state index is 12.6. The average molecular weight is 491 g/mol. The number of nitrogens with zero attached hydrogens (tertiary/aromatic N) is 1. The molecule has 1 amide bonds. The molecule has 31 heavy (non-hydrogen) atoms. The molecule has 1 aromatic carbocycles. The first-order valence-corrected chi connectivity index (χ1v) is 12.5. The van der Waals surface area contributed by atoms with Crippen LogP contribution in [-0.2, 0) is 24.3 Å². The number of sulfonamides is 1. The Morgan fingerprint density at radius 3 is 2.55 bits per heavy atom. The molecule has 2 aromatic rings. The fourth-order valence-electron chi connectivity index (χ4n) is 3.08. The summed E-state index contributed by atoms with van der Waals surface area (Å²) in [5.74, 6) is -4.37. The number of para-hydroxylation sites is 1.